The summed E-state index contributed by atoms with van der Waals surface area (Å²) in [4.78, 5) is 21.7. The monoisotopic (exact) mass is 396 g/mol. The molecule has 0 spiro atoms. The van der Waals surface area contributed by atoms with Gasteiger partial charge in [-0.15, -0.1) is 0 Å². The molecule has 0 bridgehead atoms. The Morgan fingerprint density at radius 1 is 1.14 bits per heavy atom. The lowest BCUT2D eigenvalue weighted by atomic mass is 10.1. The molecule has 0 saturated carbocycles. The molecule has 1 aromatic heterocycles. The van der Waals surface area contributed by atoms with Gasteiger partial charge >= 0.3 is 0 Å². The molecule has 3 aromatic rings. The van der Waals surface area contributed by atoms with Gasteiger partial charge in [0.1, 0.15) is 5.82 Å². The first-order chi connectivity index (χ1) is 13.5. The van der Waals surface area contributed by atoms with E-state index in [2.05, 4.69) is 41.8 Å². The van der Waals surface area contributed by atoms with E-state index < -0.39 is 0 Å². The van der Waals surface area contributed by atoms with E-state index in [4.69, 9.17) is 16.6 Å². The minimum Gasteiger partial charge on any atom is -0.328 e. The van der Waals surface area contributed by atoms with Crippen molar-refractivity contribution in [2.75, 3.05) is 32.1 Å². The lowest BCUT2D eigenvalue weighted by Gasteiger charge is -2.18. The second-order valence-corrected chi connectivity index (χ2v) is 8.09. The molecule has 1 amide bonds. The fourth-order valence-corrected chi connectivity index (χ4v) is 4.06. The predicted molar refractivity (Wildman–Crippen MR) is 114 cm³/mol. The summed E-state index contributed by atoms with van der Waals surface area (Å²) in [6.45, 7) is 2.57. The summed E-state index contributed by atoms with van der Waals surface area (Å²) >= 11 is 6.00. The maximum absolute atomic E-state index is 12.7. The normalized spacial score (nSPS) is 17.2. The molecular formula is C22H25ClN4O. The molecule has 6 heteroatoms. The number of carbonyl (C=O) groups is 1. The molecule has 1 fully saturated rings. The van der Waals surface area contributed by atoms with E-state index in [0.29, 0.717) is 18.0 Å². The van der Waals surface area contributed by atoms with Gasteiger partial charge in [-0.25, -0.2) is 4.98 Å². The summed E-state index contributed by atoms with van der Waals surface area (Å²) in [5.41, 5.74) is 3.04. The number of imidazole rings is 1. The molecule has 2 aromatic carbocycles. The summed E-state index contributed by atoms with van der Waals surface area (Å²) in [5, 5.41) is 0.676. The van der Waals surface area contributed by atoms with Gasteiger partial charge in [0.25, 0.3) is 0 Å². The van der Waals surface area contributed by atoms with Crippen molar-refractivity contribution in [1.29, 1.82) is 0 Å². The molecule has 1 unspecified atom stereocenters. The van der Waals surface area contributed by atoms with Crippen molar-refractivity contribution in [1.82, 2.24) is 14.5 Å². The fourth-order valence-electron chi connectivity index (χ4n) is 3.94. The Morgan fingerprint density at radius 3 is 2.64 bits per heavy atom. The maximum atomic E-state index is 12.7. The van der Waals surface area contributed by atoms with Crippen LogP contribution in [0.25, 0.3) is 11.0 Å². The summed E-state index contributed by atoms with van der Waals surface area (Å²) in [6.07, 6.45) is 1.53. The molecule has 1 saturated heterocycles. The highest BCUT2D eigenvalue weighted by Gasteiger charge is 2.34. The number of nitrogens with zero attached hydrogens (tertiary/aromatic N) is 4. The minimum absolute atomic E-state index is 0.0925. The van der Waals surface area contributed by atoms with E-state index in [0.717, 1.165) is 42.1 Å². The average molecular weight is 397 g/mol. The number of aromatic nitrogens is 2. The number of carbonyl (C=O) groups excluding carboxylic acids is 1. The van der Waals surface area contributed by atoms with Crippen molar-refractivity contribution in [3.05, 3.63) is 59.4 Å². The third-order valence-electron chi connectivity index (χ3n) is 5.30. The highest BCUT2D eigenvalue weighted by atomic mass is 35.5. The van der Waals surface area contributed by atoms with Crippen LogP contribution in [-0.2, 0) is 11.3 Å². The molecule has 1 atom stereocenters. The van der Waals surface area contributed by atoms with E-state index in [1.807, 2.05) is 35.2 Å². The van der Waals surface area contributed by atoms with Crippen LogP contribution in [0.3, 0.4) is 0 Å². The number of hydrogen-bond acceptors (Lipinski definition) is 3. The summed E-state index contributed by atoms with van der Waals surface area (Å²) < 4.78 is 2.31. The van der Waals surface area contributed by atoms with Crippen LogP contribution >= 0.6 is 11.6 Å². The van der Waals surface area contributed by atoms with Crippen LogP contribution in [0.4, 0.5) is 5.69 Å². The van der Waals surface area contributed by atoms with E-state index in [-0.39, 0.29) is 11.8 Å². The molecule has 2 heterocycles. The van der Waals surface area contributed by atoms with Crippen LogP contribution in [0.15, 0.2) is 48.5 Å². The third-order valence-corrected chi connectivity index (χ3v) is 5.55. The van der Waals surface area contributed by atoms with Gasteiger partial charge in [-0.3, -0.25) is 4.79 Å². The lowest BCUT2D eigenvalue weighted by Crippen LogP contribution is -2.24. The molecule has 146 valence electrons. The van der Waals surface area contributed by atoms with Gasteiger partial charge in [0.05, 0.1) is 11.0 Å². The topological polar surface area (TPSA) is 41.4 Å². The van der Waals surface area contributed by atoms with Gasteiger partial charge in [-0.2, -0.15) is 0 Å². The van der Waals surface area contributed by atoms with E-state index in [1.165, 1.54) is 0 Å². The van der Waals surface area contributed by atoms with Crippen LogP contribution in [-0.4, -0.2) is 47.5 Å². The van der Waals surface area contributed by atoms with Gasteiger partial charge in [-0.05, 0) is 63.5 Å². The van der Waals surface area contributed by atoms with Crippen molar-refractivity contribution in [2.24, 2.45) is 0 Å². The first-order valence-electron chi connectivity index (χ1n) is 9.69. The zero-order valence-corrected chi connectivity index (χ0v) is 17.1. The van der Waals surface area contributed by atoms with Crippen LogP contribution in [0, 0.1) is 0 Å². The number of para-hydroxylation sites is 2. The van der Waals surface area contributed by atoms with Crippen molar-refractivity contribution < 1.29 is 4.79 Å². The number of amides is 1. The summed E-state index contributed by atoms with van der Waals surface area (Å²) in [5.74, 6) is 1.25. The average Bonchev–Trinajstić information content (AvgIpc) is 3.23. The number of benzene rings is 2. The Kier molecular flexibility index (Phi) is 5.38. The van der Waals surface area contributed by atoms with Crippen molar-refractivity contribution in [2.45, 2.75) is 25.3 Å². The van der Waals surface area contributed by atoms with E-state index in [9.17, 15) is 4.79 Å². The van der Waals surface area contributed by atoms with Gasteiger partial charge in [0, 0.05) is 36.1 Å². The standard InChI is InChI=1S/C22H25ClN4O/c1-25(2)12-5-13-26-20-7-4-3-6-19(20)24-22(26)16-14-21(28)27(15-16)18-10-8-17(23)9-11-18/h3-4,6-11,16H,5,12-15H2,1-2H3. The molecule has 28 heavy (non-hydrogen) atoms. The zero-order chi connectivity index (χ0) is 19.7. The molecule has 0 N–H and O–H groups in total. The van der Waals surface area contributed by atoms with Gasteiger partial charge in [0.15, 0.2) is 0 Å². The Hall–Kier alpha value is -2.37. The fraction of sp³-hybridized carbons (Fsp3) is 0.364. The molecule has 5 nitrogen and oxygen atoms in total. The highest BCUT2D eigenvalue weighted by molar-refractivity contribution is 6.30. The molecular weight excluding hydrogens is 372 g/mol. The molecule has 1 aliphatic rings. The molecule has 4 rings (SSSR count). The Balaban J connectivity index is 1.63. The summed E-state index contributed by atoms with van der Waals surface area (Å²) in [6, 6.07) is 15.7. The molecule has 1 aliphatic heterocycles. The number of rotatable bonds is 6. The van der Waals surface area contributed by atoms with E-state index >= 15 is 0 Å². The van der Waals surface area contributed by atoms with Crippen molar-refractivity contribution in [3.8, 4) is 0 Å². The van der Waals surface area contributed by atoms with Gasteiger partial charge in [0.2, 0.25) is 5.91 Å². The zero-order valence-electron chi connectivity index (χ0n) is 16.3. The Labute approximate surface area is 170 Å². The second-order valence-electron chi connectivity index (χ2n) is 7.65. The molecule has 0 radical (unpaired) electrons. The predicted octanol–water partition coefficient (Wildman–Crippen LogP) is 4.16. The first-order valence-corrected chi connectivity index (χ1v) is 10.1. The van der Waals surface area contributed by atoms with Crippen LogP contribution in [0.5, 0.6) is 0 Å². The first kappa shape index (κ1) is 19.0. The summed E-state index contributed by atoms with van der Waals surface area (Å²) in [7, 11) is 4.18. The maximum Gasteiger partial charge on any atom is 0.227 e. The highest BCUT2D eigenvalue weighted by Crippen LogP contribution is 2.33. The third kappa shape index (κ3) is 3.77. The minimum atomic E-state index is 0.0925. The van der Waals surface area contributed by atoms with Crippen molar-refractivity contribution in [3.63, 3.8) is 0 Å². The number of aryl methyl sites for hydroxylation is 1. The Morgan fingerprint density at radius 2 is 1.89 bits per heavy atom. The second kappa shape index (κ2) is 7.94. The van der Waals surface area contributed by atoms with Gasteiger partial charge < -0.3 is 14.4 Å². The molecule has 0 aliphatic carbocycles. The smallest absolute Gasteiger partial charge is 0.227 e. The quantitative estimate of drug-likeness (QED) is 0.628. The number of fused-ring (bicyclic) bond motifs is 1. The SMILES string of the molecule is CN(C)CCCn1c(C2CC(=O)N(c3ccc(Cl)cc3)C2)nc2ccccc21. The number of halogens is 1. The van der Waals surface area contributed by atoms with E-state index in [1.54, 1.807) is 0 Å². The number of hydrogen-bond donors (Lipinski definition) is 0. The largest absolute Gasteiger partial charge is 0.328 e. The van der Waals surface area contributed by atoms with Crippen LogP contribution in [0.1, 0.15) is 24.6 Å². The Bertz CT molecular complexity index is 980. The van der Waals surface area contributed by atoms with Crippen LogP contribution < -0.4 is 4.90 Å². The van der Waals surface area contributed by atoms with Crippen LogP contribution in [0.2, 0.25) is 5.02 Å². The van der Waals surface area contributed by atoms with Gasteiger partial charge in [-0.1, -0.05) is 23.7 Å². The number of anilines is 1. The van der Waals surface area contributed by atoms with Crippen molar-refractivity contribution >= 4 is 34.2 Å². The lowest BCUT2D eigenvalue weighted by molar-refractivity contribution is -0.117.